The van der Waals surface area contributed by atoms with Gasteiger partial charge in [-0.2, -0.15) is 0 Å². The number of rotatable bonds is 3. The molecule has 0 atom stereocenters. The molecule has 0 amide bonds. The van der Waals surface area contributed by atoms with Gasteiger partial charge in [0.15, 0.2) is 0 Å². The van der Waals surface area contributed by atoms with Crippen LogP contribution in [0.2, 0.25) is 0 Å². The molecule has 12 heavy (non-hydrogen) atoms. The van der Waals surface area contributed by atoms with E-state index in [1.807, 2.05) is 13.1 Å². The van der Waals surface area contributed by atoms with Crippen molar-refractivity contribution in [1.82, 2.24) is 5.32 Å². The lowest BCUT2D eigenvalue weighted by Gasteiger charge is -2.05. The van der Waals surface area contributed by atoms with Gasteiger partial charge < -0.3 is 5.32 Å². The van der Waals surface area contributed by atoms with Crippen molar-refractivity contribution in [2.75, 3.05) is 7.05 Å². The van der Waals surface area contributed by atoms with E-state index in [0.29, 0.717) is 0 Å². The predicted molar refractivity (Wildman–Crippen MR) is 54.0 cm³/mol. The van der Waals surface area contributed by atoms with E-state index in [1.165, 1.54) is 16.7 Å². The minimum Gasteiger partial charge on any atom is -0.316 e. The molecule has 64 valence electrons. The van der Waals surface area contributed by atoms with Crippen molar-refractivity contribution in [3.8, 4) is 0 Å². The number of nitrogens with one attached hydrogen (secondary N) is 1. The smallest absolute Gasteiger partial charge is 0.0208 e. The molecular weight excluding hydrogens is 146 g/mol. The van der Waals surface area contributed by atoms with Gasteiger partial charge in [-0.05, 0) is 25.1 Å². The normalized spacial score (nSPS) is 9.83. The van der Waals surface area contributed by atoms with Gasteiger partial charge in [-0.3, -0.25) is 0 Å². The van der Waals surface area contributed by atoms with E-state index in [0.717, 1.165) is 6.54 Å². The SMILES string of the molecule is C=Cc1cc(C)ccc1CNC. The molecule has 1 aromatic rings. The summed E-state index contributed by atoms with van der Waals surface area (Å²) in [5.74, 6) is 0. The predicted octanol–water partition coefficient (Wildman–Crippen LogP) is 2.36. The van der Waals surface area contributed by atoms with E-state index in [4.69, 9.17) is 0 Å². The van der Waals surface area contributed by atoms with Crippen LogP contribution in [0.15, 0.2) is 24.8 Å². The van der Waals surface area contributed by atoms with E-state index in [9.17, 15) is 0 Å². The number of hydrogen-bond donors (Lipinski definition) is 1. The molecule has 0 spiro atoms. The molecule has 0 aromatic heterocycles. The summed E-state index contributed by atoms with van der Waals surface area (Å²) in [6, 6.07) is 6.42. The van der Waals surface area contributed by atoms with Crippen LogP contribution in [0.3, 0.4) is 0 Å². The maximum absolute atomic E-state index is 3.79. The van der Waals surface area contributed by atoms with Crippen LogP contribution in [0.25, 0.3) is 6.08 Å². The summed E-state index contributed by atoms with van der Waals surface area (Å²) in [6.07, 6.45) is 1.90. The van der Waals surface area contributed by atoms with Crippen LogP contribution in [0, 0.1) is 6.92 Å². The van der Waals surface area contributed by atoms with Crippen molar-refractivity contribution < 1.29 is 0 Å². The summed E-state index contributed by atoms with van der Waals surface area (Å²) in [4.78, 5) is 0. The Morgan fingerprint density at radius 2 is 2.25 bits per heavy atom. The summed E-state index contributed by atoms with van der Waals surface area (Å²) >= 11 is 0. The molecular formula is C11H15N. The fourth-order valence-corrected chi connectivity index (χ4v) is 1.26. The lowest BCUT2D eigenvalue weighted by molar-refractivity contribution is 0.816. The Morgan fingerprint density at radius 3 is 2.83 bits per heavy atom. The summed E-state index contributed by atoms with van der Waals surface area (Å²) in [6.45, 7) is 6.78. The van der Waals surface area contributed by atoms with Crippen LogP contribution < -0.4 is 5.32 Å². The highest BCUT2D eigenvalue weighted by Gasteiger charge is 1.97. The molecule has 0 unspecified atom stereocenters. The average molecular weight is 161 g/mol. The minimum absolute atomic E-state index is 0.904. The van der Waals surface area contributed by atoms with E-state index in [2.05, 4.69) is 37.0 Å². The van der Waals surface area contributed by atoms with Crippen molar-refractivity contribution in [2.24, 2.45) is 0 Å². The molecule has 0 saturated carbocycles. The van der Waals surface area contributed by atoms with Crippen LogP contribution in [0.5, 0.6) is 0 Å². The third kappa shape index (κ3) is 1.95. The lowest BCUT2D eigenvalue weighted by atomic mass is 10.0. The molecule has 1 nitrogen and oxygen atoms in total. The molecule has 0 fully saturated rings. The van der Waals surface area contributed by atoms with Gasteiger partial charge in [0, 0.05) is 6.54 Å². The van der Waals surface area contributed by atoms with Crippen molar-refractivity contribution in [1.29, 1.82) is 0 Å². The summed E-state index contributed by atoms with van der Waals surface area (Å²) in [5, 5.41) is 3.13. The quantitative estimate of drug-likeness (QED) is 0.717. The highest BCUT2D eigenvalue weighted by Crippen LogP contribution is 2.12. The van der Waals surface area contributed by atoms with Gasteiger partial charge in [-0.25, -0.2) is 0 Å². The number of aryl methyl sites for hydroxylation is 1. The first kappa shape index (κ1) is 9.01. The molecule has 0 aliphatic carbocycles. The molecule has 0 radical (unpaired) electrons. The first-order chi connectivity index (χ1) is 5.77. The fraction of sp³-hybridized carbons (Fsp3) is 0.273. The minimum atomic E-state index is 0.904. The van der Waals surface area contributed by atoms with E-state index in [-0.39, 0.29) is 0 Å². The molecule has 0 aliphatic rings. The summed E-state index contributed by atoms with van der Waals surface area (Å²) < 4.78 is 0. The Kier molecular flexibility index (Phi) is 3.06. The lowest BCUT2D eigenvalue weighted by Crippen LogP contribution is -2.06. The highest BCUT2D eigenvalue weighted by atomic mass is 14.8. The molecule has 1 heteroatoms. The fourth-order valence-electron chi connectivity index (χ4n) is 1.26. The van der Waals surface area contributed by atoms with Crippen LogP contribution >= 0.6 is 0 Å². The third-order valence-corrected chi connectivity index (χ3v) is 1.89. The molecule has 0 bridgehead atoms. The van der Waals surface area contributed by atoms with E-state index >= 15 is 0 Å². The van der Waals surface area contributed by atoms with Crippen LogP contribution in [-0.4, -0.2) is 7.05 Å². The Morgan fingerprint density at radius 1 is 1.50 bits per heavy atom. The van der Waals surface area contributed by atoms with Crippen molar-refractivity contribution >= 4 is 6.08 Å². The second kappa shape index (κ2) is 4.07. The second-order valence-electron chi connectivity index (χ2n) is 2.94. The largest absolute Gasteiger partial charge is 0.316 e. The Balaban J connectivity index is 3.02. The molecule has 0 aliphatic heterocycles. The topological polar surface area (TPSA) is 12.0 Å². The van der Waals surface area contributed by atoms with E-state index < -0.39 is 0 Å². The zero-order valence-electron chi connectivity index (χ0n) is 7.72. The van der Waals surface area contributed by atoms with Crippen molar-refractivity contribution in [2.45, 2.75) is 13.5 Å². The number of benzene rings is 1. The first-order valence-electron chi connectivity index (χ1n) is 4.14. The van der Waals surface area contributed by atoms with Gasteiger partial charge in [0.25, 0.3) is 0 Å². The van der Waals surface area contributed by atoms with Gasteiger partial charge in [0.1, 0.15) is 0 Å². The summed E-state index contributed by atoms with van der Waals surface area (Å²) in [5.41, 5.74) is 3.81. The summed E-state index contributed by atoms with van der Waals surface area (Å²) in [7, 11) is 1.95. The molecule has 0 heterocycles. The second-order valence-corrected chi connectivity index (χ2v) is 2.94. The van der Waals surface area contributed by atoms with Gasteiger partial charge in [-0.15, -0.1) is 0 Å². The standard InChI is InChI=1S/C11H15N/c1-4-10-7-9(2)5-6-11(10)8-12-3/h4-7,12H,1,8H2,2-3H3. The van der Waals surface area contributed by atoms with Gasteiger partial charge in [-0.1, -0.05) is 36.4 Å². The van der Waals surface area contributed by atoms with Crippen LogP contribution in [0.1, 0.15) is 16.7 Å². The maximum Gasteiger partial charge on any atom is 0.0208 e. The van der Waals surface area contributed by atoms with Gasteiger partial charge in [0.2, 0.25) is 0 Å². The first-order valence-corrected chi connectivity index (χ1v) is 4.14. The van der Waals surface area contributed by atoms with Crippen molar-refractivity contribution in [3.63, 3.8) is 0 Å². The molecule has 0 saturated heterocycles. The third-order valence-electron chi connectivity index (χ3n) is 1.89. The van der Waals surface area contributed by atoms with E-state index in [1.54, 1.807) is 0 Å². The van der Waals surface area contributed by atoms with Gasteiger partial charge >= 0.3 is 0 Å². The molecule has 1 N–H and O–H groups in total. The Hall–Kier alpha value is -1.08. The number of hydrogen-bond acceptors (Lipinski definition) is 1. The van der Waals surface area contributed by atoms with Gasteiger partial charge in [0.05, 0.1) is 0 Å². The van der Waals surface area contributed by atoms with Crippen LogP contribution in [-0.2, 0) is 6.54 Å². The maximum atomic E-state index is 3.79. The van der Waals surface area contributed by atoms with Crippen molar-refractivity contribution in [3.05, 3.63) is 41.5 Å². The zero-order chi connectivity index (χ0) is 8.97. The zero-order valence-corrected chi connectivity index (χ0v) is 7.72. The highest BCUT2D eigenvalue weighted by molar-refractivity contribution is 5.53. The average Bonchev–Trinajstić information content (AvgIpc) is 2.08. The monoisotopic (exact) mass is 161 g/mol. The molecule has 1 rings (SSSR count). The Bertz CT molecular complexity index is 276. The molecule has 1 aromatic carbocycles. The van der Waals surface area contributed by atoms with Crippen LogP contribution in [0.4, 0.5) is 0 Å². The Labute approximate surface area is 74.1 Å².